The monoisotopic (exact) mass is 440 g/mol. The van der Waals surface area contributed by atoms with Gasteiger partial charge in [0, 0.05) is 25.2 Å². The Balaban J connectivity index is 1.58. The molecule has 1 atom stereocenters. The molecule has 0 aliphatic carbocycles. The van der Waals surface area contributed by atoms with E-state index >= 15 is 0 Å². The number of hydrogen-bond donors (Lipinski definition) is 1. The molecule has 0 saturated carbocycles. The molecule has 1 saturated heterocycles. The summed E-state index contributed by atoms with van der Waals surface area (Å²) in [5.41, 5.74) is 4.64. The molecule has 0 bridgehead atoms. The topological polar surface area (TPSA) is 116 Å². The van der Waals surface area contributed by atoms with Gasteiger partial charge in [0.2, 0.25) is 11.6 Å². The second kappa shape index (κ2) is 8.48. The van der Waals surface area contributed by atoms with Crippen molar-refractivity contribution in [2.75, 3.05) is 11.9 Å². The van der Waals surface area contributed by atoms with Crippen LogP contribution in [0.4, 0.5) is 17.2 Å². The quantitative estimate of drug-likeness (QED) is 0.623. The lowest BCUT2D eigenvalue weighted by atomic mass is 10.0. The molecular formula is C24H22N7O2+. The highest BCUT2D eigenvalue weighted by molar-refractivity contribution is 6.10. The van der Waals surface area contributed by atoms with Crippen LogP contribution in [0.2, 0.25) is 0 Å². The molecule has 9 heteroatoms. The van der Waals surface area contributed by atoms with E-state index in [1.165, 1.54) is 0 Å². The number of rotatable bonds is 3. The van der Waals surface area contributed by atoms with Crippen molar-refractivity contribution in [2.24, 2.45) is 4.99 Å². The third-order valence-electron chi connectivity index (χ3n) is 5.77. The van der Waals surface area contributed by atoms with E-state index in [4.69, 9.17) is 9.73 Å². The highest BCUT2D eigenvalue weighted by Gasteiger charge is 2.37. The number of nitriles is 1. The minimum absolute atomic E-state index is 0.0584. The molecule has 0 spiro atoms. The fourth-order valence-corrected chi connectivity index (χ4v) is 4.26. The number of benzene rings is 1. The Morgan fingerprint density at radius 1 is 1.30 bits per heavy atom. The van der Waals surface area contributed by atoms with Crippen molar-refractivity contribution in [2.45, 2.75) is 39.2 Å². The summed E-state index contributed by atoms with van der Waals surface area (Å²) in [4.78, 5) is 30.6. The number of ether oxygens (including phenoxy) is 1. The Kier molecular flexibility index (Phi) is 5.36. The van der Waals surface area contributed by atoms with Crippen LogP contribution in [0.15, 0.2) is 41.8 Å². The van der Waals surface area contributed by atoms with Gasteiger partial charge in [-0.2, -0.15) is 9.84 Å². The molecule has 3 aromatic rings. The van der Waals surface area contributed by atoms with E-state index in [0.29, 0.717) is 35.2 Å². The zero-order valence-electron chi connectivity index (χ0n) is 18.4. The Morgan fingerprint density at radius 3 is 2.94 bits per heavy atom. The van der Waals surface area contributed by atoms with Crippen LogP contribution in [0.25, 0.3) is 10.9 Å². The number of nitrogens with one attached hydrogen (secondary N) is 1. The number of hydrogen-bond acceptors (Lipinski definition) is 7. The van der Waals surface area contributed by atoms with Crippen LogP contribution in [0, 0.1) is 18.3 Å². The van der Waals surface area contributed by atoms with Gasteiger partial charge in [0.15, 0.2) is 11.5 Å². The van der Waals surface area contributed by atoms with E-state index < -0.39 is 0 Å². The molecule has 1 N–H and O–H groups in total. The summed E-state index contributed by atoms with van der Waals surface area (Å²) >= 11 is 0. The second-order valence-electron chi connectivity index (χ2n) is 8.12. The van der Waals surface area contributed by atoms with Gasteiger partial charge in [-0.1, -0.05) is 0 Å². The van der Waals surface area contributed by atoms with Crippen molar-refractivity contribution >= 4 is 45.6 Å². The zero-order valence-corrected chi connectivity index (χ0v) is 18.4. The minimum atomic E-state index is -0.231. The summed E-state index contributed by atoms with van der Waals surface area (Å²) in [6.45, 7) is 4.43. The molecule has 0 radical (unpaired) electrons. The molecule has 164 valence electrons. The summed E-state index contributed by atoms with van der Waals surface area (Å²) in [6.07, 6.45) is 6.43. The number of pyridine rings is 1. The van der Waals surface area contributed by atoms with Gasteiger partial charge in [0.1, 0.15) is 6.42 Å². The molecule has 1 aromatic carbocycles. The number of anilines is 1. The summed E-state index contributed by atoms with van der Waals surface area (Å²) in [6, 6.07) is 7.62. The van der Waals surface area contributed by atoms with Crippen molar-refractivity contribution in [1.29, 1.82) is 5.26 Å². The van der Waals surface area contributed by atoms with Gasteiger partial charge in [-0.15, -0.1) is 0 Å². The molecule has 9 nitrogen and oxygen atoms in total. The first kappa shape index (κ1) is 20.8. The molecule has 4 heterocycles. The van der Waals surface area contributed by atoms with Crippen LogP contribution in [-0.2, 0) is 9.53 Å². The number of carbonyl (C=O) groups excluding carboxylic acids is 1. The molecule has 33 heavy (non-hydrogen) atoms. The normalized spacial score (nSPS) is 19.7. The van der Waals surface area contributed by atoms with Crippen LogP contribution in [-0.4, -0.2) is 49.7 Å². The number of amidine groups is 1. The predicted octanol–water partition coefficient (Wildman–Crippen LogP) is 3.56. The first-order valence-electron chi connectivity index (χ1n) is 10.8. The second-order valence-corrected chi connectivity index (χ2v) is 8.12. The van der Waals surface area contributed by atoms with Gasteiger partial charge >= 0.3 is 5.84 Å². The van der Waals surface area contributed by atoms with Crippen molar-refractivity contribution in [3.63, 3.8) is 0 Å². The fourth-order valence-electron chi connectivity index (χ4n) is 4.26. The van der Waals surface area contributed by atoms with Gasteiger partial charge in [0.25, 0.3) is 0 Å². The van der Waals surface area contributed by atoms with Gasteiger partial charge in [-0.3, -0.25) is 14.8 Å². The smallest absolute Gasteiger partial charge is 0.314 e. The Bertz CT molecular complexity index is 1390. The molecule has 5 rings (SSSR count). The average molecular weight is 440 g/mol. The molecule has 2 aliphatic rings. The number of amides is 1. The first-order valence-corrected chi connectivity index (χ1v) is 10.8. The van der Waals surface area contributed by atoms with E-state index in [0.717, 1.165) is 35.1 Å². The van der Waals surface area contributed by atoms with E-state index in [1.807, 2.05) is 19.1 Å². The van der Waals surface area contributed by atoms with Crippen LogP contribution in [0.3, 0.4) is 0 Å². The number of aromatic nitrogens is 3. The minimum Gasteiger partial charge on any atom is -0.378 e. The Hall–Kier alpha value is -4.03. The molecule has 1 fully saturated rings. The van der Waals surface area contributed by atoms with Gasteiger partial charge < -0.3 is 10.1 Å². The van der Waals surface area contributed by atoms with E-state index in [9.17, 15) is 10.1 Å². The maximum absolute atomic E-state index is 12.9. The third kappa shape index (κ3) is 3.97. The highest BCUT2D eigenvalue weighted by atomic mass is 16.5. The Morgan fingerprint density at radius 2 is 2.15 bits per heavy atom. The third-order valence-corrected chi connectivity index (χ3v) is 5.77. The summed E-state index contributed by atoms with van der Waals surface area (Å²) in [5.74, 6) is 0.818. The number of fused-ring (bicyclic) bond motifs is 3. The first-order chi connectivity index (χ1) is 16.0. The molecule has 1 amide bonds. The van der Waals surface area contributed by atoms with Crippen molar-refractivity contribution in [1.82, 2.24) is 15.0 Å². The van der Waals surface area contributed by atoms with Gasteiger partial charge in [-0.25, -0.2) is 4.98 Å². The van der Waals surface area contributed by atoms with E-state index in [1.54, 1.807) is 31.6 Å². The average Bonchev–Trinajstić information content (AvgIpc) is 3.18. The van der Waals surface area contributed by atoms with Crippen LogP contribution < -0.4 is 5.32 Å². The summed E-state index contributed by atoms with van der Waals surface area (Å²) < 4.78 is 7.82. The van der Waals surface area contributed by atoms with Crippen molar-refractivity contribution < 1.29 is 14.1 Å². The molecule has 0 unspecified atom stereocenters. The van der Waals surface area contributed by atoms with E-state index in [2.05, 4.69) is 30.9 Å². The summed E-state index contributed by atoms with van der Waals surface area (Å²) in [7, 11) is 0. The van der Waals surface area contributed by atoms with Crippen molar-refractivity contribution in [3.05, 3.63) is 48.0 Å². The number of carbonyl (C=O) groups is 1. The van der Waals surface area contributed by atoms with E-state index in [-0.39, 0.29) is 18.4 Å². The van der Waals surface area contributed by atoms with Gasteiger partial charge in [0.05, 0.1) is 52.8 Å². The molecular weight excluding hydrogens is 418 g/mol. The lowest BCUT2D eigenvalue weighted by molar-refractivity contribution is -0.307. The largest absolute Gasteiger partial charge is 0.378 e. The highest BCUT2D eigenvalue weighted by Crippen LogP contribution is 2.41. The van der Waals surface area contributed by atoms with Crippen molar-refractivity contribution in [3.8, 4) is 6.07 Å². The van der Waals surface area contributed by atoms with Gasteiger partial charge in [-0.05, 0) is 37.0 Å². The predicted molar refractivity (Wildman–Crippen MR) is 123 cm³/mol. The van der Waals surface area contributed by atoms with Crippen LogP contribution in [0.5, 0.6) is 0 Å². The zero-order chi connectivity index (χ0) is 22.9. The molecule has 2 aliphatic heterocycles. The maximum Gasteiger partial charge on any atom is 0.314 e. The standard InChI is InChI=1S/C24H21N7O2/c1-14-9-17(5-8-33-14)31-21(11-22(32)30-24-15(2)26-6-7-27-24)29-20-13-28-19-4-3-16(12-25)10-18(19)23(20)31/h3-4,6-7,10,13-14H,5,8-9,11H2,1-2H3/p+1/t14-/m1/s1. The number of aryl methyl sites for hydroxylation is 1. The Labute approximate surface area is 190 Å². The SMILES string of the molecule is Cc1nccnc1NC(=O)CC1=Nc2cnc3ccc(C#N)cc3c2[N+]1=C1CCO[C@H](C)C1. The number of aliphatic imine (C=N–C) groups is 1. The van der Waals surface area contributed by atoms with Crippen LogP contribution >= 0.6 is 0 Å². The van der Waals surface area contributed by atoms with Crippen LogP contribution in [0.1, 0.15) is 37.4 Å². The lowest BCUT2D eigenvalue weighted by Gasteiger charge is -2.21. The number of nitrogens with zero attached hydrogens (tertiary/aromatic N) is 6. The summed E-state index contributed by atoms with van der Waals surface area (Å²) in [5, 5.41) is 13.1. The fraction of sp³-hybridized carbons (Fsp3) is 0.292. The molecule has 2 aromatic heterocycles. The maximum atomic E-state index is 12.9. The lowest BCUT2D eigenvalue weighted by Crippen LogP contribution is -2.32.